The molecule has 9 rings (SSSR count). The molecule has 407 valence electrons. The number of aryl methyl sites for hydroxylation is 1. The Morgan fingerprint density at radius 1 is 0.473 bits per heavy atom. The van der Waals surface area contributed by atoms with Crippen LogP contribution in [0.1, 0.15) is 125 Å². The fourth-order valence-corrected chi connectivity index (χ4v) is 7.48. The Morgan fingerprint density at radius 3 is 1.09 bits per heavy atom. The third-order valence-electron chi connectivity index (χ3n) is 12.2. The third kappa shape index (κ3) is 16.9. The summed E-state index contributed by atoms with van der Waals surface area (Å²) >= 11 is 0. The van der Waals surface area contributed by atoms with Gasteiger partial charge in [0.05, 0.1) is 6.42 Å². The smallest absolute Gasteiger partial charge is 0.145 e. The minimum atomic E-state index is -0.402. The second kappa shape index (κ2) is 27.0. The first kappa shape index (κ1) is 55.0. The largest absolute Gasteiger partial charge is 0.304 e. The van der Waals surface area contributed by atoms with Gasteiger partial charge in [-0.15, -0.1) is 94.5 Å². The summed E-state index contributed by atoms with van der Waals surface area (Å²) < 4.78 is 63.3. The van der Waals surface area contributed by atoms with Crippen LogP contribution >= 0.6 is 0 Å². The van der Waals surface area contributed by atoms with Crippen LogP contribution in [-0.4, -0.2) is 26.5 Å². The molecular weight excluding hydrogens is 1450 g/mol. The number of nitrogens with zero attached hydrogens (tertiary/aromatic N) is 3. The van der Waals surface area contributed by atoms with Crippen molar-refractivity contribution in [1.82, 2.24) is 15.0 Å². The van der Waals surface area contributed by atoms with E-state index in [0.29, 0.717) is 5.56 Å². The number of rotatable bonds is 5. The number of aromatic nitrogens is 3. The molecule has 0 aliphatic carbocycles. The molecule has 3 radical (unpaired) electrons. The molecule has 0 saturated carbocycles. The maximum atomic E-state index is 13.3. The van der Waals surface area contributed by atoms with E-state index in [-0.39, 0.29) is 99.2 Å². The monoisotopic (exact) mass is 1550 g/mol. The van der Waals surface area contributed by atoms with Gasteiger partial charge in [0.1, 0.15) is 11.6 Å². The minimum Gasteiger partial charge on any atom is -0.304 e. The molecule has 3 aromatic heterocycles. The van der Waals surface area contributed by atoms with E-state index in [4.69, 9.17) is 14.8 Å². The van der Waals surface area contributed by atoms with Gasteiger partial charge in [-0.1, -0.05) is 168 Å². The van der Waals surface area contributed by atoms with Gasteiger partial charge in [0, 0.05) is 115 Å². The van der Waals surface area contributed by atoms with Crippen molar-refractivity contribution < 1.29 is 93.4 Å². The van der Waals surface area contributed by atoms with Crippen LogP contribution in [0.5, 0.6) is 0 Å². The SMILES string of the molecule is CC(C)(C)C(=O)CC(=O)C(C)(C)C.CC(C)(C)c1c[c-]c(-c2nccc3ccccc23)cc1.CC(C)(C)c1c[c-]c(-c2nccc3ccccc23)cc1.Cc1cc(-c2nccc3ccccc23)[c-]cc1F.[2HH].[2HH].[2HH].[2H][2H].[2H][2H].[2H][2H].[2H][2H].[2H][2H].[Ir].[Ir].[Ir]. The summed E-state index contributed by atoms with van der Waals surface area (Å²) in [7, 11) is 0. The summed E-state index contributed by atoms with van der Waals surface area (Å²) in [5, 5.41) is 6.96. The number of carbonyl (C=O) groups excluding carboxylic acids is 2. The predicted octanol–water partition coefficient (Wildman–Crippen LogP) is 18.7. The fourth-order valence-electron chi connectivity index (χ4n) is 7.48. The van der Waals surface area contributed by atoms with Gasteiger partial charge in [0.25, 0.3) is 0 Å². The van der Waals surface area contributed by atoms with Crippen LogP contribution in [0.25, 0.3) is 66.1 Å². The van der Waals surface area contributed by atoms with Gasteiger partial charge < -0.3 is 15.0 Å². The maximum absolute atomic E-state index is 13.3. The zero-order valence-corrected chi connectivity index (χ0v) is 51.9. The van der Waals surface area contributed by atoms with E-state index in [1.165, 1.54) is 38.7 Å². The quantitative estimate of drug-likeness (QED) is 0.127. The molecule has 5 nitrogen and oxygen atoms in total. The van der Waals surface area contributed by atoms with E-state index in [1.54, 1.807) is 19.2 Å². The third-order valence-corrected chi connectivity index (χ3v) is 12.2. The first-order chi connectivity index (χ1) is 38.4. The molecular formula is C65H83FIr3N3O2-3. The van der Waals surface area contributed by atoms with Crippen LogP contribution in [-0.2, 0) is 80.7 Å². The molecule has 0 atom stereocenters. The van der Waals surface area contributed by atoms with Crippen molar-refractivity contribution >= 4 is 43.9 Å². The summed E-state index contributed by atoms with van der Waals surface area (Å²) in [5.41, 5.74) is 8.48. The second-order valence-electron chi connectivity index (χ2n) is 22.0. The molecule has 0 fully saturated rings. The first-order valence-corrected chi connectivity index (χ1v) is 24.2. The van der Waals surface area contributed by atoms with Crippen LogP contribution in [0.3, 0.4) is 0 Å². The summed E-state index contributed by atoms with van der Waals surface area (Å²) in [4.78, 5) is 36.5. The van der Waals surface area contributed by atoms with Crippen molar-refractivity contribution in [2.75, 3.05) is 0 Å². The standard InChI is InChI=1S/2C19H18N.C16H11FN.C11H20O2.3Ir.8H2/c2*1-19(2,3)16-10-8-15(9-11-16)18-17-7-5-4-6-14(17)12-13-20-18;1-11-10-13(6-7-15(11)17)16-14-5-3-2-4-12(14)8-9-18-16;1-10(2,3)8(12)7-9(13)11(4,5)6;;;;;;;;;;;/h2*4-8,10-13H,1-3H3;2-5,7-10H,1H3;7H2,1-6H3;;;;8*1H/q3*-1;;;;;;;;;;;;/i;;;;;;;5*1+1D;3*1+1. The molecule has 0 aliphatic rings. The Hall–Kier alpha value is -5.23. The Labute approximate surface area is 500 Å². The molecule has 0 spiro atoms. The van der Waals surface area contributed by atoms with E-state index in [1.807, 2.05) is 96.4 Å². The van der Waals surface area contributed by atoms with Crippen molar-refractivity contribution in [3.05, 3.63) is 199 Å². The van der Waals surface area contributed by atoms with E-state index >= 15 is 0 Å². The molecule has 9 aromatic rings. The normalized spacial score (nSPS) is 11.8. The van der Waals surface area contributed by atoms with Gasteiger partial charge in [0.2, 0.25) is 0 Å². The van der Waals surface area contributed by atoms with Gasteiger partial charge in [-0.3, -0.25) is 14.0 Å². The minimum absolute atomic E-state index is 0. The number of carbonyl (C=O) groups is 2. The summed E-state index contributed by atoms with van der Waals surface area (Å²) in [6.07, 6.45) is 5.56. The van der Waals surface area contributed by atoms with E-state index < -0.39 is 10.8 Å². The molecule has 0 unspecified atom stereocenters. The van der Waals surface area contributed by atoms with Crippen LogP contribution < -0.4 is 0 Å². The molecule has 3 heterocycles. The number of hydrogen-bond acceptors (Lipinski definition) is 5. The van der Waals surface area contributed by atoms with Gasteiger partial charge >= 0.3 is 0 Å². The number of ketones is 2. The van der Waals surface area contributed by atoms with E-state index in [9.17, 15) is 14.0 Å². The van der Waals surface area contributed by atoms with Crippen molar-refractivity contribution in [2.24, 2.45) is 10.8 Å². The van der Waals surface area contributed by atoms with Crippen molar-refractivity contribution in [2.45, 2.75) is 107 Å². The molecule has 0 aliphatic heterocycles. The molecule has 6 aromatic carbocycles. The average Bonchev–Trinajstić information content (AvgIpc) is 2.62. The topological polar surface area (TPSA) is 72.8 Å². The Kier molecular flexibility index (Phi) is 20.1. The van der Waals surface area contributed by atoms with Crippen molar-refractivity contribution in [3.63, 3.8) is 0 Å². The Morgan fingerprint density at radius 2 is 0.797 bits per heavy atom. The number of benzene rings is 6. The van der Waals surface area contributed by atoms with Gasteiger partial charge in [0.15, 0.2) is 0 Å². The number of pyridine rings is 3. The molecule has 0 N–H and O–H groups in total. The summed E-state index contributed by atoms with van der Waals surface area (Å²) in [6, 6.07) is 56.4. The first-order valence-electron chi connectivity index (χ1n) is 29.2. The number of Topliss-reactive ketones (excluding diaryl/α,β-unsaturated/α-hetero) is 2. The molecule has 74 heavy (non-hydrogen) atoms. The van der Waals surface area contributed by atoms with Crippen LogP contribution in [0.15, 0.2) is 158 Å². The summed E-state index contributed by atoms with van der Waals surface area (Å²) in [5.74, 6) is -0.196. The molecule has 9 heteroatoms. The molecule has 0 saturated heterocycles. The zero-order valence-electron chi connectivity index (χ0n) is 54.8. The van der Waals surface area contributed by atoms with Crippen LogP contribution in [0.2, 0.25) is 0 Å². The van der Waals surface area contributed by atoms with E-state index in [0.717, 1.165) is 44.5 Å². The molecule has 0 amide bonds. The van der Waals surface area contributed by atoms with Crippen molar-refractivity contribution in [1.29, 1.82) is 0 Å². The van der Waals surface area contributed by atoms with Crippen LogP contribution in [0, 0.1) is 41.8 Å². The Bertz CT molecular complexity index is 3150. The predicted molar refractivity (Wildman–Crippen MR) is 311 cm³/mol. The number of halogens is 1. The van der Waals surface area contributed by atoms with Crippen LogP contribution in [0.4, 0.5) is 4.39 Å². The van der Waals surface area contributed by atoms with Gasteiger partial charge in [-0.2, -0.15) is 0 Å². The fraction of sp³-hybridized carbons (Fsp3) is 0.277. The zero-order chi connectivity index (χ0) is 61.7. The van der Waals surface area contributed by atoms with E-state index in [2.05, 4.69) is 160 Å². The van der Waals surface area contributed by atoms with Gasteiger partial charge in [-0.05, 0) is 78.4 Å². The number of hydrogen-bond donors (Lipinski definition) is 0. The second-order valence-corrected chi connectivity index (χ2v) is 22.0. The average molecular weight is 1550 g/mol. The van der Waals surface area contributed by atoms with Crippen molar-refractivity contribution in [3.8, 4) is 33.8 Å². The van der Waals surface area contributed by atoms with Gasteiger partial charge in [-0.25, -0.2) is 0 Å². The maximum Gasteiger partial charge on any atom is 0.145 e. The number of fused-ring (bicyclic) bond motifs is 3. The summed E-state index contributed by atoms with van der Waals surface area (Å²) in [6.45, 7) is 26.1. The Balaban J connectivity index is -0.000000236. The molecule has 0 bridgehead atoms.